The molecule has 1 aromatic heterocycles. The lowest BCUT2D eigenvalue weighted by atomic mass is 9.85. The Balaban J connectivity index is 1.76. The zero-order valence-corrected chi connectivity index (χ0v) is 23.6. The first-order valence-electron chi connectivity index (χ1n) is 12.5. The van der Waals surface area contributed by atoms with Crippen molar-refractivity contribution in [3.63, 3.8) is 0 Å². The van der Waals surface area contributed by atoms with Gasteiger partial charge in [-0.05, 0) is 65.4 Å². The fraction of sp³-hybridized carbons (Fsp3) is 0.258. The number of fused-ring (bicyclic) bond motifs is 1. The van der Waals surface area contributed by atoms with Crippen LogP contribution in [0.2, 0.25) is 0 Å². The number of benzene rings is 3. The molecule has 200 valence electrons. The third-order valence-corrected chi connectivity index (χ3v) is 7.95. The third kappa shape index (κ3) is 4.65. The van der Waals surface area contributed by atoms with Crippen LogP contribution in [0.15, 0.2) is 66.2 Å². The molecule has 1 amide bonds. The molecule has 5 rings (SSSR count). The van der Waals surface area contributed by atoms with E-state index in [2.05, 4.69) is 20.8 Å². The van der Waals surface area contributed by atoms with E-state index in [1.54, 1.807) is 37.4 Å². The van der Waals surface area contributed by atoms with Gasteiger partial charge < -0.3 is 14.6 Å². The van der Waals surface area contributed by atoms with Crippen LogP contribution in [0.4, 0.5) is 5.13 Å². The fourth-order valence-electron chi connectivity index (χ4n) is 4.76. The number of aryl methyl sites for hydroxylation is 1. The molecule has 39 heavy (non-hydrogen) atoms. The predicted molar refractivity (Wildman–Crippen MR) is 154 cm³/mol. The molecule has 1 N–H and O–H groups in total. The normalized spacial score (nSPS) is 17.2. The van der Waals surface area contributed by atoms with Crippen LogP contribution in [0, 0.1) is 6.92 Å². The van der Waals surface area contributed by atoms with Gasteiger partial charge in [0.2, 0.25) is 0 Å². The molecular formula is C31H30N2O5S. The number of nitrogens with zero attached hydrogens (tertiary/aromatic N) is 2. The van der Waals surface area contributed by atoms with Gasteiger partial charge in [0.05, 0.1) is 41.6 Å². The highest BCUT2D eigenvalue weighted by Crippen LogP contribution is 2.45. The predicted octanol–water partition coefficient (Wildman–Crippen LogP) is 6.55. The maximum atomic E-state index is 13.7. The molecule has 1 aliphatic rings. The van der Waals surface area contributed by atoms with Crippen molar-refractivity contribution in [1.82, 2.24) is 4.98 Å². The Labute approximate surface area is 231 Å². The number of hydrogen-bond donors (Lipinski definition) is 1. The van der Waals surface area contributed by atoms with E-state index in [4.69, 9.17) is 14.5 Å². The van der Waals surface area contributed by atoms with Crippen molar-refractivity contribution < 1.29 is 24.2 Å². The lowest BCUT2D eigenvalue weighted by Gasteiger charge is -2.24. The molecule has 3 aromatic carbocycles. The highest BCUT2D eigenvalue weighted by atomic mass is 32.1. The van der Waals surface area contributed by atoms with Crippen molar-refractivity contribution in [1.29, 1.82) is 0 Å². The first-order chi connectivity index (χ1) is 18.5. The van der Waals surface area contributed by atoms with Crippen LogP contribution in [0.25, 0.3) is 16.0 Å². The number of anilines is 1. The molecule has 1 unspecified atom stereocenters. The summed E-state index contributed by atoms with van der Waals surface area (Å²) in [6.07, 6.45) is 0. The molecule has 1 aliphatic heterocycles. The summed E-state index contributed by atoms with van der Waals surface area (Å²) in [7, 11) is 3.07. The Bertz CT molecular complexity index is 1630. The second-order valence-corrected chi connectivity index (χ2v) is 11.6. The van der Waals surface area contributed by atoms with Gasteiger partial charge in [-0.25, -0.2) is 4.98 Å². The molecule has 0 aliphatic carbocycles. The second kappa shape index (κ2) is 9.85. The number of rotatable bonds is 5. The summed E-state index contributed by atoms with van der Waals surface area (Å²) in [5, 5.41) is 12.1. The number of ketones is 1. The largest absolute Gasteiger partial charge is 0.507 e. The van der Waals surface area contributed by atoms with Gasteiger partial charge in [0.25, 0.3) is 5.78 Å². The number of thiazole rings is 1. The Morgan fingerprint density at radius 3 is 2.33 bits per heavy atom. The number of amides is 1. The SMILES string of the molecule is COc1ccc(C2/C(=C(\O)c3cc(C(C)(C)C)ccc3OC)C(=O)C(=O)N2c2nc3ccc(C)cc3s2)cc1. The van der Waals surface area contributed by atoms with Crippen molar-refractivity contribution in [2.24, 2.45) is 0 Å². The van der Waals surface area contributed by atoms with Gasteiger partial charge in [0.1, 0.15) is 17.3 Å². The van der Waals surface area contributed by atoms with E-state index in [0.29, 0.717) is 27.8 Å². The summed E-state index contributed by atoms with van der Waals surface area (Å²) in [6, 6.07) is 17.6. The van der Waals surface area contributed by atoms with Crippen molar-refractivity contribution in [3.05, 3.63) is 88.5 Å². The van der Waals surface area contributed by atoms with Crippen LogP contribution >= 0.6 is 11.3 Å². The van der Waals surface area contributed by atoms with E-state index >= 15 is 0 Å². The number of aromatic nitrogens is 1. The van der Waals surface area contributed by atoms with Crippen LogP contribution in [0.1, 0.15) is 49.1 Å². The number of ether oxygens (including phenoxy) is 2. The molecule has 0 spiro atoms. The number of hydrogen-bond acceptors (Lipinski definition) is 7. The lowest BCUT2D eigenvalue weighted by molar-refractivity contribution is -0.132. The second-order valence-electron chi connectivity index (χ2n) is 10.6. The van der Waals surface area contributed by atoms with E-state index in [0.717, 1.165) is 21.3 Å². The fourth-order valence-corrected chi connectivity index (χ4v) is 5.85. The summed E-state index contributed by atoms with van der Waals surface area (Å²) < 4.78 is 11.8. The quantitative estimate of drug-likeness (QED) is 0.175. The Kier molecular flexibility index (Phi) is 6.68. The van der Waals surface area contributed by atoms with Crippen molar-refractivity contribution in [2.75, 3.05) is 19.1 Å². The van der Waals surface area contributed by atoms with Gasteiger partial charge in [-0.15, -0.1) is 0 Å². The zero-order chi connectivity index (χ0) is 28.1. The molecule has 0 radical (unpaired) electrons. The minimum absolute atomic E-state index is 0.0232. The van der Waals surface area contributed by atoms with Gasteiger partial charge in [0.15, 0.2) is 5.13 Å². The molecule has 2 heterocycles. The minimum atomic E-state index is -0.902. The highest BCUT2D eigenvalue weighted by Gasteiger charge is 2.48. The molecule has 4 aromatic rings. The van der Waals surface area contributed by atoms with Crippen LogP contribution in [0.5, 0.6) is 11.5 Å². The number of methoxy groups -OCH3 is 2. The third-order valence-electron chi connectivity index (χ3n) is 6.94. The van der Waals surface area contributed by atoms with E-state index < -0.39 is 17.7 Å². The Morgan fingerprint density at radius 2 is 1.69 bits per heavy atom. The van der Waals surface area contributed by atoms with Crippen molar-refractivity contribution in [2.45, 2.75) is 39.2 Å². The smallest absolute Gasteiger partial charge is 0.301 e. The first kappa shape index (κ1) is 26.4. The summed E-state index contributed by atoms with van der Waals surface area (Å²) >= 11 is 1.33. The summed E-state index contributed by atoms with van der Waals surface area (Å²) in [6.45, 7) is 8.17. The number of carbonyl (C=O) groups excluding carboxylic acids is 2. The maximum absolute atomic E-state index is 13.7. The molecule has 1 saturated heterocycles. The molecule has 0 bridgehead atoms. The Hall–Kier alpha value is -4.17. The van der Waals surface area contributed by atoms with Crippen LogP contribution in [0.3, 0.4) is 0 Å². The van der Waals surface area contributed by atoms with E-state index in [1.165, 1.54) is 23.3 Å². The summed E-state index contributed by atoms with van der Waals surface area (Å²) in [5.41, 5.74) is 3.49. The van der Waals surface area contributed by atoms with Crippen LogP contribution < -0.4 is 14.4 Å². The van der Waals surface area contributed by atoms with Gasteiger partial charge >= 0.3 is 5.91 Å². The summed E-state index contributed by atoms with van der Waals surface area (Å²) in [4.78, 5) is 33.4. The first-order valence-corrected chi connectivity index (χ1v) is 13.4. The molecule has 8 heteroatoms. The average Bonchev–Trinajstić information content (AvgIpc) is 3.44. The molecule has 0 saturated carbocycles. The maximum Gasteiger partial charge on any atom is 0.301 e. The molecule has 7 nitrogen and oxygen atoms in total. The number of aliphatic hydroxyl groups excluding tert-OH is 1. The van der Waals surface area contributed by atoms with Gasteiger partial charge in [-0.1, -0.05) is 56.4 Å². The van der Waals surface area contributed by atoms with E-state index in [-0.39, 0.29) is 16.7 Å². The average molecular weight is 543 g/mol. The summed E-state index contributed by atoms with van der Waals surface area (Å²) in [5.74, 6) is -0.802. The van der Waals surface area contributed by atoms with Gasteiger partial charge in [-0.2, -0.15) is 0 Å². The number of Topliss-reactive ketones (excluding diaryl/α,β-unsaturated/α-hetero) is 1. The molecule has 1 atom stereocenters. The van der Waals surface area contributed by atoms with Crippen LogP contribution in [-0.2, 0) is 15.0 Å². The highest BCUT2D eigenvalue weighted by molar-refractivity contribution is 7.22. The van der Waals surface area contributed by atoms with Crippen molar-refractivity contribution >= 4 is 44.1 Å². The lowest BCUT2D eigenvalue weighted by Crippen LogP contribution is -2.29. The topological polar surface area (TPSA) is 89.0 Å². The standard InChI is InChI=1S/C31H30N2O5S/c1-17-7-13-22-24(15-17)39-30(32-22)33-26(18-8-11-20(37-5)12-9-18)25(28(35)29(33)36)27(34)21-16-19(31(2,3)4)10-14-23(21)38-6/h7-16,26,34H,1-6H3/b27-25+. The van der Waals surface area contributed by atoms with E-state index in [1.807, 2.05) is 37.3 Å². The number of carbonyl (C=O) groups is 2. The minimum Gasteiger partial charge on any atom is -0.507 e. The number of aliphatic hydroxyl groups is 1. The monoisotopic (exact) mass is 542 g/mol. The molecule has 1 fully saturated rings. The Morgan fingerprint density at radius 1 is 0.974 bits per heavy atom. The molecular weight excluding hydrogens is 512 g/mol. The van der Waals surface area contributed by atoms with Gasteiger partial charge in [-0.3, -0.25) is 14.5 Å². The zero-order valence-electron chi connectivity index (χ0n) is 22.7. The van der Waals surface area contributed by atoms with E-state index in [9.17, 15) is 14.7 Å². The van der Waals surface area contributed by atoms with Crippen LogP contribution in [-0.4, -0.2) is 36.0 Å². The van der Waals surface area contributed by atoms with Crippen molar-refractivity contribution in [3.8, 4) is 11.5 Å². The van der Waals surface area contributed by atoms with Gasteiger partial charge in [0, 0.05) is 0 Å².